The molecule has 1 aliphatic rings. The average molecular weight is 368 g/mol. The Bertz CT molecular complexity index is 754. The lowest BCUT2D eigenvalue weighted by Crippen LogP contribution is -2.37. The highest BCUT2D eigenvalue weighted by Crippen LogP contribution is 2.24. The van der Waals surface area contributed by atoms with Crippen LogP contribution in [-0.2, 0) is 14.8 Å². The number of rotatable bonds is 6. The van der Waals surface area contributed by atoms with Gasteiger partial charge in [-0.3, -0.25) is 9.59 Å². The topological polar surface area (TPSA) is 95.0 Å². The molecule has 1 aromatic rings. The molecule has 1 aliphatic heterocycles. The molecule has 0 spiro atoms. The first kappa shape index (κ1) is 19.4. The molecule has 0 saturated carbocycles. The fraction of sp³-hybridized carbons (Fsp3) is 0.529. The van der Waals surface area contributed by atoms with E-state index < -0.39 is 28.4 Å². The molecular formula is C17H24N2O5S. The van der Waals surface area contributed by atoms with Crippen molar-refractivity contribution in [3.63, 3.8) is 0 Å². The van der Waals surface area contributed by atoms with Crippen LogP contribution >= 0.6 is 0 Å². The summed E-state index contributed by atoms with van der Waals surface area (Å²) in [4.78, 5) is 24.7. The third kappa shape index (κ3) is 4.38. The minimum absolute atomic E-state index is 0.117. The van der Waals surface area contributed by atoms with E-state index in [9.17, 15) is 18.0 Å². The van der Waals surface area contributed by atoms with Gasteiger partial charge < -0.3 is 10.0 Å². The van der Waals surface area contributed by atoms with E-state index in [-0.39, 0.29) is 17.0 Å². The Balaban J connectivity index is 2.36. The van der Waals surface area contributed by atoms with Gasteiger partial charge in [-0.15, -0.1) is 0 Å². The number of piperidine rings is 1. The molecule has 0 aliphatic carbocycles. The molecule has 0 bridgehead atoms. The molecule has 1 N–H and O–H groups in total. The lowest BCUT2D eigenvalue weighted by Gasteiger charge is -2.27. The van der Waals surface area contributed by atoms with Crippen LogP contribution in [0.15, 0.2) is 23.1 Å². The number of nitrogens with zero attached hydrogens (tertiary/aromatic N) is 2. The van der Waals surface area contributed by atoms with E-state index in [1.165, 1.54) is 21.3 Å². The fourth-order valence-corrected chi connectivity index (χ4v) is 4.70. The number of hydrogen-bond donors (Lipinski definition) is 1. The second-order valence-electron chi connectivity index (χ2n) is 6.16. The van der Waals surface area contributed by atoms with Crippen molar-refractivity contribution in [1.29, 1.82) is 0 Å². The van der Waals surface area contributed by atoms with Crippen molar-refractivity contribution < 1.29 is 23.1 Å². The van der Waals surface area contributed by atoms with Crippen LogP contribution in [0.4, 0.5) is 0 Å². The van der Waals surface area contributed by atoms with Crippen molar-refractivity contribution in [2.24, 2.45) is 0 Å². The number of sulfonamides is 1. The van der Waals surface area contributed by atoms with Gasteiger partial charge in [-0.1, -0.05) is 12.5 Å². The number of carbonyl (C=O) groups is 2. The second kappa shape index (κ2) is 7.97. The highest BCUT2D eigenvalue weighted by atomic mass is 32.2. The van der Waals surface area contributed by atoms with E-state index in [2.05, 4.69) is 0 Å². The zero-order valence-electron chi connectivity index (χ0n) is 14.6. The highest BCUT2D eigenvalue weighted by molar-refractivity contribution is 7.89. The van der Waals surface area contributed by atoms with Crippen LogP contribution in [0.25, 0.3) is 0 Å². The van der Waals surface area contributed by atoms with Crippen LogP contribution in [0, 0.1) is 6.92 Å². The van der Waals surface area contributed by atoms with Gasteiger partial charge in [0.05, 0.1) is 4.90 Å². The highest BCUT2D eigenvalue weighted by Gasteiger charge is 2.28. The maximum atomic E-state index is 12.9. The van der Waals surface area contributed by atoms with Crippen molar-refractivity contribution in [3.05, 3.63) is 29.3 Å². The van der Waals surface area contributed by atoms with Gasteiger partial charge in [0.25, 0.3) is 5.91 Å². The van der Waals surface area contributed by atoms with Gasteiger partial charge in [0, 0.05) is 25.2 Å². The normalized spacial score (nSPS) is 15.8. The van der Waals surface area contributed by atoms with Gasteiger partial charge in [0.15, 0.2) is 0 Å². The first-order valence-corrected chi connectivity index (χ1v) is 9.83. The molecule has 138 valence electrons. The van der Waals surface area contributed by atoms with E-state index in [0.29, 0.717) is 18.7 Å². The zero-order valence-corrected chi connectivity index (χ0v) is 15.4. The lowest BCUT2D eigenvalue weighted by atomic mass is 10.1. The average Bonchev–Trinajstić information content (AvgIpc) is 2.60. The monoisotopic (exact) mass is 368 g/mol. The number of carbonyl (C=O) groups excluding carboxylic acids is 1. The molecule has 1 saturated heterocycles. The fourth-order valence-electron chi connectivity index (χ4n) is 2.93. The van der Waals surface area contributed by atoms with Gasteiger partial charge in [0.1, 0.15) is 6.54 Å². The Morgan fingerprint density at radius 1 is 1.20 bits per heavy atom. The van der Waals surface area contributed by atoms with E-state index in [1.807, 2.05) is 0 Å². The van der Waals surface area contributed by atoms with E-state index in [0.717, 1.165) is 19.3 Å². The minimum atomic E-state index is -3.66. The number of aliphatic carboxylic acids is 1. The van der Waals surface area contributed by atoms with Gasteiger partial charge in [-0.25, -0.2) is 8.42 Å². The number of carboxylic acids is 1. The molecule has 2 rings (SSSR count). The Labute approximate surface area is 148 Å². The van der Waals surface area contributed by atoms with Crippen molar-refractivity contribution in [3.8, 4) is 0 Å². The van der Waals surface area contributed by atoms with Crippen molar-refractivity contribution >= 4 is 21.9 Å². The Kier molecular flexibility index (Phi) is 6.18. The smallest absolute Gasteiger partial charge is 0.323 e. The van der Waals surface area contributed by atoms with E-state index in [4.69, 9.17) is 5.11 Å². The molecule has 1 fully saturated rings. The third-order valence-electron chi connectivity index (χ3n) is 4.36. The van der Waals surface area contributed by atoms with Crippen LogP contribution in [0.3, 0.4) is 0 Å². The zero-order chi connectivity index (χ0) is 18.6. The molecule has 0 atom stereocenters. The second-order valence-corrected chi connectivity index (χ2v) is 8.06. The molecule has 0 radical (unpaired) electrons. The number of amides is 1. The van der Waals surface area contributed by atoms with Crippen LogP contribution in [-0.4, -0.2) is 60.8 Å². The summed E-state index contributed by atoms with van der Waals surface area (Å²) >= 11 is 0. The van der Waals surface area contributed by atoms with Crippen LogP contribution < -0.4 is 0 Å². The first-order chi connectivity index (χ1) is 11.8. The van der Waals surface area contributed by atoms with E-state index in [1.54, 1.807) is 19.9 Å². The van der Waals surface area contributed by atoms with Crippen LogP contribution in [0.5, 0.6) is 0 Å². The number of likely N-dealkylation sites (N-methyl/N-ethyl adjacent to an activating group) is 1. The SMILES string of the molecule is CCN(CC(=O)O)C(=O)c1ccc(C)c(S(=O)(=O)N2CCCCC2)c1. The molecule has 1 heterocycles. The minimum Gasteiger partial charge on any atom is -0.480 e. The van der Waals surface area contributed by atoms with Gasteiger partial charge in [0.2, 0.25) is 10.0 Å². The predicted molar refractivity (Wildman–Crippen MR) is 93.0 cm³/mol. The summed E-state index contributed by atoms with van der Waals surface area (Å²) in [6.07, 6.45) is 2.68. The van der Waals surface area contributed by atoms with Crippen molar-refractivity contribution in [2.45, 2.75) is 38.0 Å². The van der Waals surface area contributed by atoms with Gasteiger partial charge in [-0.2, -0.15) is 4.31 Å². The summed E-state index contributed by atoms with van der Waals surface area (Å²) in [5.74, 6) is -1.59. The molecule has 0 unspecified atom stereocenters. The van der Waals surface area contributed by atoms with Crippen LogP contribution in [0.2, 0.25) is 0 Å². The Morgan fingerprint density at radius 3 is 2.40 bits per heavy atom. The molecule has 7 nitrogen and oxygen atoms in total. The summed E-state index contributed by atoms with van der Waals surface area (Å²) in [5.41, 5.74) is 0.757. The molecular weight excluding hydrogens is 344 g/mol. The van der Waals surface area contributed by atoms with Gasteiger partial charge >= 0.3 is 5.97 Å². The summed E-state index contributed by atoms with van der Waals surface area (Å²) in [5, 5.41) is 8.91. The summed E-state index contributed by atoms with van der Waals surface area (Å²) in [6, 6.07) is 4.50. The maximum absolute atomic E-state index is 12.9. The lowest BCUT2D eigenvalue weighted by molar-refractivity contribution is -0.137. The summed E-state index contributed by atoms with van der Waals surface area (Å²) in [6.45, 7) is 4.16. The predicted octanol–water partition coefficient (Wildman–Crippen LogP) is 1.72. The largest absolute Gasteiger partial charge is 0.480 e. The summed E-state index contributed by atoms with van der Waals surface area (Å²) < 4.78 is 27.3. The standard InChI is InChI=1S/C17H24N2O5S/c1-3-18(12-16(20)21)17(22)14-8-7-13(2)15(11-14)25(23,24)19-9-5-4-6-10-19/h7-8,11H,3-6,9-10,12H2,1-2H3,(H,20,21). The third-order valence-corrected chi connectivity index (χ3v) is 6.40. The maximum Gasteiger partial charge on any atom is 0.323 e. The number of aryl methyl sites for hydroxylation is 1. The summed E-state index contributed by atoms with van der Waals surface area (Å²) in [7, 11) is -3.66. The molecule has 1 aromatic carbocycles. The van der Waals surface area contributed by atoms with Crippen molar-refractivity contribution in [1.82, 2.24) is 9.21 Å². The van der Waals surface area contributed by atoms with Crippen molar-refractivity contribution in [2.75, 3.05) is 26.2 Å². The number of hydrogen-bond acceptors (Lipinski definition) is 4. The van der Waals surface area contributed by atoms with Gasteiger partial charge in [-0.05, 0) is 44.4 Å². The number of carboxylic acid groups (broad SMARTS) is 1. The first-order valence-electron chi connectivity index (χ1n) is 8.39. The Hall–Kier alpha value is -1.93. The molecule has 0 aromatic heterocycles. The molecule has 1 amide bonds. The number of benzene rings is 1. The quantitative estimate of drug-likeness (QED) is 0.825. The van der Waals surface area contributed by atoms with Crippen LogP contribution in [0.1, 0.15) is 42.1 Å². The molecule has 8 heteroatoms. The molecule has 25 heavy (non-hydrogen) atoms. The Morgan fingerprint density at radius 2 is 1.84 bits per heavy atom. The van der Waals surface area contributed by atoms with E-state index >= 15 is 0 Å².